The lowest BCUT2D eigenvalue weighted by atomic mass is 10.1. The van der Waals surface area contributed by atoms with E-state index in [0.29, 0.717) is 5.58 Å². The van der Waals surface area contributed by atoms with E-state index in [9.17, 15) is 22.8 Å². The van der Waals surface area contributed by atoms with Gasteiger partial charge in [0.1, 0.15) is 12.1 Å². The number of hydrogen-bond donors (Lipinski definition) is 2. The molecule has 8 heteroatoms. The number of carbonyl (C=O) groups excluding carboxylic acids is 2. The second-order valence-corrected chi connectivity index (χ2v) is 5.45. The molecule has 0 fully saturated rings. The van der Waals surface area contributed by atoms with Crippen LogP contribution < -0.4 is 10.6 Å². The number of alkyl halides is 3. The molecule has 0 aliphatic heterocycles. The Morgan fingerprint density at radius 1 is 0.962 bits per heavy atom. The number of fused-ring (bicyclic) bond motifs is 1. The number of benzene rings is 2. The molecular formula is C18H13F3N2O3. The Bertz CT molecular complexity index is 930. The number of nitrogens with one attached hydrogen (secondary N) is 2. The van der Waals surface area contributed by atoms with E-state index in [2.05, 4.69) is 5.32 Å². The Balaban J connectivity index is 1.79. The van der Waals surface area contributed by atoms with E-state index in [-0.39, 0.29) is 17.0 Å². The van der Waals surface area contributed by atoms with Crippen LogP contribution in [0, 0.1) is 0 Å². The predicted molar refractivity (Wildman–Crippen MR) is 89.0 cm³/mol. The van der Waals surface area contributed by atoms with Crippen LogP contribution in [0.25, 0.3) is 11.0 Å². The standard InChI is InChI=1S/C18H13F3N2O3/c19-18(20,21)10-22-16(24)12-6-2-3-7-13(12)23-17(25)15-9-11-5-1-4-8-14(11)26-15/h1-9H,10H2,(H,22,24)(H,23,25). The number of furan rings is 1. The van der Waals surface area contributed by atoms with Gasteiger partial charge in [-0.25, -0.2) is 0 Å². The lowest BCUT2D eigenvalue weighted by molar-refractivity contribution is -0.123. The monoisotopic (exact) mass is 362 g/mol. The van der Waals surface area contributed by atoms with Crippen LogP contribution in [0.3, 0.4) is 0 Å². The second-order valence-electron chi connectivity index (χ2n) is 5.45. The first kappa shape index (κ1) is 17.5. The Kier molecular flexibility index (Phi) is 4.66. The molecule has 134 valence electrons. The van der Waals surface area contributed by atoms with Crippen LogP contribution in [0.15, 0.2) is 59.0 Å². The smallest absolute Gasteiger partial charge is 0.405 e. The minimum atomic E-state index is -4.53. The van der Waals surface area contributed by atoms with Crippen molar-refractivity contribution in [1.29, 1.82) is 0 Å². The minimum absolute atomic E-state index is 0.0247. The van der Waals surface area contributed by atoms with Crippen LogP contribution >= 0.6 is 0 Å². The van der Waals surface area contributed by atoms with Crippen LogP contribution in [-0.2, 0) is 0 Å². The van der Waals surface area contributed by atoms with Gasteiger partial charge in [-0.1, -0.05) is 30.3 Å². The first-order valence-corrected chi connectivity index (χ1v) is 7.57. The Labute approximate surface area is 145 Å². The van der Waals surface area contributed by atoms with Gasteiger partial charge in [0.15, 0.2) is 5.76 Å². The predicted octanol–water partition coefficient (Wildman–Crippen LogP) is 3.98. The summed E-state index contributed by atoms with van der Waals surface area (Å²) < 4.78 is 42.2. The SMILES string of the molecule is O=C(Nc1ccccc1C(=O)NCC(F)(F)F)c1cc2ccccc2o1. The molecule has 0 spiro atoms. The molecule has 1 aromatic heterocycles. The molecule has 2 amide bonds. The fourth-order valence-corrected chi connectivity index (χ4v) is 2.34. The van der Waals surface area contributed by atoms with Crippen LogP contribution in [-0.4, -0.2) is 24.5 Å². The average molecular weight is 362 g/mol. The zero-order valence-electron chi connectivity index (χ0n) is 13.3. The molecule has 0 radical (unpaired) electrons. The average Bonchev–Trinajstić information content (AvgIpc) is 3.04. The highest BCUT2D eigenvalue weighted by Crippen LogP contribution is 2.21. The number of para-hydroxylation sites is 2. The van der Waals surface area contributed by atoms with Gasteiger partial charge < -0.3 is 15.1 Å². The molecule has 0 saturated carbocycles. The Morgan fingerprint density at radius 2 is 1.65 bits per heavy atom. The molecule has 0 saturated heterocycles. The van der Waals surface area contributed by atoms with Crippen molar-refractivity contribution in [3.8, 4) is 0 Å². The molecule has 3 aromatic rings. The molecule has 26 heavy (non-hydrogen) atoms. The van der Waals surface area contributed by atoms with Crippen LogP contribution in [0.2, 0.25) is 0 Å². The highest BCUT2D eigenvalue weighted by molar-refractivity contribution is 6.09. The number of anilines is 1. The molecule has 3 rings (SSSR count). The van der Waals surface area contributed by atoms with Gasteiger partial charge in [-0.3, -0.25) is 9.59 Å². The summed E-state index contributed by atoms with van der Waals surface area (Å²) in [5, 5.41) is 5.00. The molecule has 0 atom stereocenters. The van der Waals surface area contributed by atoms with E-state index >= 15 is 0 Å². The summed E-state index contributed by atoms with van der Waals surface area (Å²) in [5.74, 6) is -1.53. The fourth-order valence-electron chi connectivity index (χ4n) is 2.34. The number of rotatable bonds is 4. The number of carbonyl (C=O) groups is 2. The van der Waals surface area contributed by atoms with Gasteiger partial charge in [-0.2, -0.15) is 13.2 Å². The molecule has 2 aromatic carbocycles. The fraction of sp³-hybridized carbons (Fsp3) is 0.111. The zero-order valence-corrected chi connectivity index (χ0v) is 13.3. The third kappa shape index (κ3) is 4.02. The Morgan fingerprint density at radius 3 is 2.38 bits per heavy atom. The van der Waals surface area contributed by atoms with E-state index in [1.807, 2.05) is 0 Å². The number of halogens is 3. The van der Waals surface area contributed by atoms with Gasteiger partial charge >= 0.3 is 6.18 Å². The first-order chi connectivity index (χ1) is 12.3. The summed E-state index contributed by atoms with van der Waals surface area (Å²) in [4.78, 5) is 24.3. The van der Waals surface area contributed by atoms with Crippen molar-refractivity contribution >= 4 is 28.5 Å². The highest BCUT2D eigenvalue weighted by Gasteiger charge is 2.28. The van der Waals surface area contributed by atoms with Crippen molar-refractivity contribution in [2.75, 3.05) is 11.9 Å². The van der Waals surface area contributed by atoms with Gasteiger partial charge in [-0.15, -0.1) is 0 Å². The third-order valence-corrected chi connectivity index (χ3v) is 3.52. The highest BCUT2D eigenvalue weighted by atomic mass is 19.4. The van der Waals surface area contributed by atoms with E-state index in [0.717, 1.165) is 5.39 Å². The Hall–Kier alpha value is -3.29. The topological polar surface area (TPSA) is 71.3 Å². The van der Waals surface area contributed by atoms with Crippen molar-refractivity contribution in [2.45, 2.75) is 6.18 Å². The summed E-state index contributed by atoms with van der Waals surface area (Å²) in [6.07, 6.45) is -4.53. The maximum Gasteiger partial charge on any atom is 0.405 e. The van der Waals surface area contributed by atoms with Crippen molar-refractivity contribution in [3.63, 3.8) is 0 Å². The van der Waals surface area contributed by atoms with Crippen LogP contribution in [0.5, 0.6) is 0 Å². The van der Waals surface area contributed by atoms with Crippen molar-refractivity contribution in [3.05, 3.63) is 65.9 Å². The third-order valence-electron chi connectivity index (χ3n) is 3.52. The first-order valence-electron chi connectivity index (χ1n) is 7.57. The summed E-state index contributed by atoms with van der Waals surface area (Å²) in [5.41, 5.74) is 0.521. The van der Waals surface area contributed by atoms with E-state index < -0.39 is 24.5 Å². The molecule has 2 N–H and O–H groups in total. The normalized spacial score (nSPS) is 11.3. The molecule has 5 nitrogen and oxygen atoms in total. The lowest BCUT2D eigenvalue weighted by Gasteiger charge is -2.12. The van der Waals surface area contributed by atoms with Crippen LogP contribution in [0.1, 0.15) is 20.9 Å². The molecule has 0 bridgehead atoms. The maximum absolute atomic E-state index is 12.4. The summed E-state index contributed by atoms with van der Waals surface area (Å²) in [7, 11) is 0. The van der Waals surface area contributed by atoms with Crippen molar-refractivity contribution in [1.82, 2.24) is 5.32 Å². The zero-order chi connectivity index (χ0) is 18.7. The summed E-state index contributed by atoms with van der Waals surface area (Å²) in [6.45, 7) is -1.46. The molecule has 1 heterocycles. The summed E-state index contributed by atoms with van der Waals surface area (Å²) >= 11 is 0. The lowest BCUT2D eigenvalue weighted by Crippen LogP contribution is -2.34. The van der Waals surface area contributed by atoms with E-state index in [1.165, 1.54) is 24.3 Å². The maximum atomic E-state index is 12.4. The van der Waals surface area contributed by atoms with Crippen molar-refractivity contribution in [2.24, 2.45) is 0 Å². The largest absolute Gasteiger partial charge is 0.451 e. The van der Waals surface area contributed by atoms with Gasteiger partial charge in [0.25, 0.3) is 11.8 Å². The van der Waals surface area contributed by atoms with Crippen LogP contribution in [0.4, 0.5) is 18.9 Å². The summed E-state index contributed by atoms with van der Waals surface area (Å²) in [6, 6.07) is 14.3. The molecule has 0 unspecified atom stereocenters. The van der Waals surface area contributed by atoms with Gasteiger partial charge in [-0.05, 0) is 24.3 Å². The minimum Gasteiger partial charge on any atom is -0.451 e. The quantitative estimate of drug-likeness (QED) is 0.738. The molecule has 0 aliphatic carbocycles. The van der Waals surface area contributed by atoms with Gasteiger partial charge in [0.05, 0.1) is 11.3 Å². The van der Waals surface area contributed by atoms with Gasteiger partial charge in [0, 0.05) is 5.39 Å². The molecular weight excluding hydrogens is 349 g/mol. The second kappa shape index (κ2) is 6.91. The number of hydrogen-bond acceptors (Lipinski definition) is 3. The van der Waals surface area contributed by atoms with Crippen molar-refractivity contribution < 1.29 is 27.2 Å². The molecule has 0 aliphatic rings. The van der Waals surface area contributed by atoms with E-state index in [1.54, 1.807) is 35.6 Å². The van der Waals surface area contributed by atoms with Gasteiger partial charge in [0.2, 0.25) is 0 Å². The number of amides is 2. The van der Waals surface area contributed by atoms with E-state index in [4.69, 9.17) is 4.42 Å².